The molecule has 0 aliphatic heterocycles. The van der Waals surface area contributed by atoms with Crippen molar-refractivity contribution >= 4 is 34.2 Å². The molecule has 0 saturated heterocycles. The number of halogens is 1. The molecule has 3 nitrogen and oxygen atoms in total. The Hall–Kier alpha value is -1.56. The van der Waals surface area contributed by atoms with E-state index in [0.29, 0.717) is 6.42 Å². The summed E-state index contributed by atoms with van der Waals surface area (Å²) in [5.74, 6) is 0.606. The fourth-order valence-electron chi connectivity index (χ4n) is 2.16. The summed E-state index contributed by atoms with van der Waals surface area (Å²) in [6.07, 6.45) is 0.115. The zero-order valence-corrected chi connectivity index (χ0v) is 15.2. The van der Waals surface area contributed by atoms with Crippen LogP contribution in [0.1, 0.15) is 24.5 Å². The number of ether oxygens (including phenoxy) is 1. The van der Waals surface area contributed by atoms with Crippen LogP contribution in [0.5, 0.6) is 5.75 Å². The average molecular weight is 409 g/mol. The number of nitrogens with one attached hydrogen (secondary N) is 1. The fourth-order valence-corrected chi connectivity index (χ4v) is 2.80. The number of rotatable bonds is 5. The van der Waals surface area contributed by atoms with E-state index in [1.54, 1.807) is 0 Å². The molecule has 0 aromatic heterocycles. The van der Waals surface area contributed by atoms with Gasteiger partial charge in [0.15, 0.2) is 6.10 Å². The van der Waals surface area contributed by atoms with Crippen molar-refractivity contribution < 1.29 is 9.53 Å². The lowest BCUT2D eigenvalue weighted by Crippen LogP contribution is -2.32. The maximum atomic E-state index is 12.4. The zero-order chi connectivity index (χ0) is 16.1. The highest BCUT2D eigenvalue weighted by Crippen LogP contribution is 2.20. The lowest BCUT2D eigenvalue weighted by atomic mass is 10.2. The quantitative estimate of drug-likeness (QED) is 0.727. The van der Waals surface area contributed by atoms with Crippen LogP contribution in [0.4, 0.5) is 5.69 Å². The second-order valence-corrected chi connectivity index (χ2v) is 6.53. The number of carbonyl (C=O) groups is 1. The van der Waals surface area contributed by atoms with Crippen LogP contribution in [0.2, 0.25) is 0 Å². The van der Waals surface area contributed by atoms with Crippen molar-refractivity contribution in [1.82, 2.24) is 0 Å². The molecule has 0 unspecified atom stereocenters. The third-order valence-corrected chi connectivity index (χ3v) is 4.05. The first-order chi connectivity index (χ1) is 10.5. The van der Waals surface area contributed by atoms with Crippen LogP contribution in [-0.2, 0) is 4.79 Å². The molecule has 2 rings (SSSR count). The van der Waals surface area contributed by atoms with Crippen LogP contribution in [0.15, 0.2) is 42.5 Å². The van der Waals surface area contributed by atoms with E-state index < -0.39 is 6.10 Å². The standard InChI is InChI=1S/C18H20INO2/c1-4-17(22-15-7-5-6-12(2)10-15)18(21)20-16-9-8-14(19)11-13(16)3/h5-11,17H,4H2,1-3H3,(H,20,21)/t17-/m0/s1. The predicted molar refractivity (Wildman–Crippen MR) is 98.4 cm³/mol. The first-order valence-corrected chi connectivity index (χ1v) is 8.38. The Bertz CT molecular complexity index is 670. The molecule has 0 aliphatic rings. The predicted octanol–water partition coefficient (Wildman–Crippen LogP) is 4.70. The number of aryl methyl sites for hydroxylation is 2. The summed E-state index contributed by atoms with van der Waals surface area (Å²) in [5.41, 5.74) is 2.99. The van der Waals surface area contributed by atoms with Crippen molar-refractivity contribution in [1.29, 1.82) is 0 Å². The van der Waals surface area contributed by atoms with Crippen molar-refractivity contribution in [2.75, 3.05) is 5.32 Å². The molecule has 0 aliphatic carbocycles. The first-order valence-electron chi connectivity index (χ1n) is 7.30. The number of carbonyl (C=O) groups excluding carboxylic acids is 1. The molecular formula is C18H20INO2. The van der Waals surface area contributed by atoms with Gasteiger partial charge < -0.3 is 10.1 Å². The van der Waals surface area contributed by atoms with Gasteiger partial charge in [0, 0.05) is 9.26 Å². The molecule has 2 aromatic carbocycles. The summed E-state index contributed by atoms with van der Waals surface area (Å²) >= 11 is 2.26. The fraction of sp³-hybridized carbons (Fsp3) is 0.278. The molecule has 1 amide bonds. The lowest BCUT2D eigenvalue weighted by molar-refractivity contribution is -0.122. The molecule has 4 heteroatoms. The van der Waals surface area contributed by atoms with E-state index in [-0.39, 0.29) is 5.91 Å². The van der Waals surface area contributed by atoms with E-state index in [9.17, 15) is 4.79 Å². The molecule has 116 valence electrons. The van der Waals surface area contributed by atoms with Crippen molar-refractivity contribution in [2.45, 2.75) is 33.3 Å². The summed E-state index contributed by atoms with van der Waals surface area (Å²) in [4.78, 5) is 12.4. The third-order valence-electron chi connectivity index (χ3n) is 3.38. The summed E-state index contributed by atoms with van der Waals surface area (Å²) in [7, 11) is 0. The topological polar surface area (TPSA) is 38.3 Å². The SMILES string of the molecule is CC[C@H](Oc1cccc(C)c1)C(=O)Nc1ccc(I)cc1C. The van der Waals surface area contributed by atoms with Gasteiger partial charge in [-0.3, -0.25) is 4.79 Å². The molecular weight excluding hydrogens is 389 g/mol. The highest BCUT2D eigenvalue weighted by molar-refractivity contribution is 14.1. The Kier molecular flexibility index (Phi) is 5.83. The first kappa shape index (κ1) is 16.8. The van der Waals surface area contributed by atoms with E-state index in [2.05, 4.69) is 27.9 Å². The van der Waals surface area contributed by atoms with Gasteiger partial charge in [-0.25, -0.2) is 0 Å². The smallest absolute Gasteiger partial charge is 0.265 e. The largest absolute Gasteiger partial charge is 0.481 e. The van der Waals surface area contributed by atoms with Gasteiger partial charge in [-0.15, -0.1) is 0 Å². The van der Waals surface area contributed by atoms with Crippen molar-refractivity contribution in [3.05, 3.63) is 57.2 Å². The molecule has 1 atom stereocenters. The Morgan fingerprint density at radius 2 is 2.00 bits per heavy atom. The van der Waals surface area contributed by atoms with E-state index in [1.807, 2.05) is 63.2 Å². The van der Waals surface area contributed by atoms with Gasteiger partial charge in [0.2, 0.25) is 0 Å². The Labute approximate surface area is 145 Å². The second kappa shape index (κ2) is 7.63. The monoisotopic (exact) mass is 409 g/mol. The molecule has 0 spiro atoms. The van der Waals surface area contributed by atoms with Crippen molar-refractivity contribution in [3.8, 4) is 5.75 Å². The number of benzene rings is 2. The molecule has 22 heavy (non-hydrogen) atoms. The summed E-state index contributed by atoms with van der Waals surface area (Å²) in [6, 6.07) is 13.7. The normalized spacial score (nSPS) is 11.8. The van der Waals surface area contributed by atoms with Crippen LogP contribution < -0.4 is 10.1 Å². The van der Waals surface area contributed by atoms with Crippen molar-refractivity contribution in [2.24, 2.45) is 0 Å². The Balaban J connectivity index is 2.08. The lowest BCUT2D eigenvalue weighted by Gasteiger charge is -2.18. The summed E-state index contributed by atoms with van der Waals surface area (Å²) in [6.45, 7) is 5.93. The van der Waals surface area contributed by atoms with E-state index in [4.69, 9.17) is 4.74 Å². The highest BCUT2D eigenvalue weighted by atomic mass is 127. The molecule has 0 bridgehead atoms. The van der Waals surface area contributed by atoms with Crippen LogP contribution in [0.3, 0.4) is 0 Å². The Morgan fingerprint density at radius 1 is 1.23 bits per heavy atom. The number of hydrogen-bond acceptors (Lipinski definition) is 2. The zero-order valence-electron chi connectivity index (χ0n) is 13.0. The van der Waals surface area contributed by atoms with Crippen molar-refractivity contribution in [3.63, 3.8) is 0 Å². The van der Waals surface area contributed by atoms with E-state index in [1.165, 1.54) is 0 Å². The second-order valence-electron chi connectivity index (χ2n) is 5.28. The molecule has 0 saturated carbocycles. The minimum atomic E-state index is -0.500. The van der Waals surface area contributed by atoms with Gasteiger partial charge in [0.05, 0.1) is 0 Å². The molecule has 1 N–H and O–H groups in total. The van der Waals surface area contributed by atoms with Gasteiger partial charge in [0.25, 0.3) is 5.91 Å². The van der Waals surface area contributed by atoms with Gasteiger partial charge >= 0.3 is 0 Å². The van der Waals surface area contributed by atoms with Crippen LogP contribution >= 0.6 is 22.6 Å². The van der Waals surface area contributed by atoms with Gasteiger partial charge in [-0.1, -0.05) is 19.1 Å². The minimum absolute atomic E-state index is 0.117. The third kappa shape index (κ3) is 4.47. The van der Waals surface area contributed by atoms with Gasteiger partial charge in [0.1, 0.15) is 5.75 Å². The van der Waals surface area contributed by atoms with E-state index >= 15 is 0 Å². The Morgan fingerprint density at radius 3 is 2.64 bits per heavy atom. The average Bonchev–Trinajstić information content (AvgIpc) is 2.47. The van der Waals surface area contributed by atoms with Crippen LogP contribution in [-0.4, -0.2) is 12.0 Å². The molecule has 0 heterocycles. The molecule has 0 radical (unpaired) electrons. The number of amides is 1. The maximum absolute atomic E-state index is 12.4. The van der Waals surface area contributed by atoms with Crippen LogP contribution in [0.25, 0.3) is 0 Å². The van der Waals surface area contributed by atoms with Crippen LogP contribution in [0, 0.1) is 17.4 Å². The molecule has 0 fully saturated rings. The van der Waals surface area contributed by atoms with E-state index in [0.717, 1.165) is 26.1 Å². The minimum Gasteiger partial charge on any atom is -0.481 e. The highest BCUT2D eigenvalue weighted by Gasteiger charge is 2.19. The summed E-state index contributed by atoms with van der Waals surface area (Å²) in [5, 5.41) is 2.96. The number of hydrogen-bond donors (Lipinski definition) is 1. The summed E-state index contributed by atoms with van der Waals surface area (Å²) < 4.78 is 6.98. The van der Waals surface area contributed by atoms with Gasteiger partial charge in [-0.2, -0.15) is 0 Å². The maximum Gasteiger partial charge on any atom is 0.265 e. The molecule has 2 aromatic rings. The number of anilines is 1. The van der Waals surface area contributed by atoms with Gasteiger partial charge in [-0.05, 0) is 84.3 Å².